The monoisotopic (exact) mass is 366 g/mol. The van der Waals surface area contributed by atoms with Crippen LogP contribution in [-0.2, 0) is 14.3 Å². The second-order valence-corrected chi connectivity index (χ2v) is 6.93. The first-order valence-corrected chi connectivity index (χ1v) is 8.93. The highest BCUT2D eigenvalue weighted by atomic mass is 35.5. The van der Waals surface area contributed by atoms with E-state index < -0.39 is 0 Å². The number of ether oxygens (including phenoxy) is 2. The van der Waals surface area contributed by atoms with E-state index in [1.165, 1.54) is 7.11 Å². The van der Waals surface area contributed by atoms with Gasteiger partial charge in [-0.1, -0.05) is 23.7 Å². The summed E-state index contributed by atoms with van der Waals surface area (Å²) in [6.07, 6.45) is 1.64. The van der Waals surface area contributed by atoms with E-state index in [9.17, 15) is 9.59 Å². The Balaban J connectivity index is 1.48. The average molecular weight is 367 g/mol. The average Bonchev–Trinajstić information content (AvgIpc) is 2.59. The second-order valence-electron chi connectivity index (χ2n) is 6.53. The van der Waals surface area contributed by atoms with Crippen molar-refractivity contribution in [1.82, 2.24) is 9.80 Å². The van der Waals surface area contributed by atoms with Gasteiger partial charge in [-0.25, -0.2) is 0 Å². The van der Waals surface area contributed by atoms with Crippen LogP contribution in [0.2, 0.25) is 5.02 Å². The summed E-state index contributed by atoms with van der Waals surface area (Å²) in [6.45, 7) is 2.37. The lowest BCUT2D eigenvalue weighted by atomic mass is 9.94. The molecule has 2 aliphatic heterocycles. The molecule has 2 fully saturated rings. The topological polar surface area (TPSA) is 59.1 Å². The van der Waals surface area contributed by atoms with Crippen LogP contribution >= 0.6 is 11.6 Å². The SMILES string of the molecule is COCC(=O)N1CCC[C@@H](C(=O)N2CC(Oc3ccccc3Cl)C2)C1. The van der Waals surface area contributed by atoms with Gasteiger partial charge in [0.05, 0.1) is 24.0 Å². The number of methoxy groups -OCH3 is 1. The number of amides is 2. The Kier molecular flexibility index (Phi) is 5.81. The van der Waals surface area contributed by atoms with Crippen LogP contribution in [0.3, 0.4) is 0 Å². The smallest absolute Gasteiger partial charge is 0.248 e. The number of hydrogen-bond donors (Lipinski definition) is 0. The van der Waals surface area contributed by atoms with Crippen LogP contribution in [-0.4, -0.2) is 67.6 Å². The third-order valence-electron chi connectivity index (χ3n) is 4.68. The van der Waals surface area contributed by atoms with E-state index in [0.29, 0.717) is 37.0 Å². The lowest BCUT2D eigenvalue weighted by molar-refractivity contribution is -0.148. The van der Waals surface area contributed by atoms with Crippen molar-refractivity contribution in [2.45, 2.75) is 18.9 Å². The van der Waals surface area contributed by atoms with Gasteiger partial charge < -0.3 is 19.3 Å². The number of carbonyl (C=O) groups excluding carboxylic acids is 2. The summed E-state index contributed by atoms with van der Waals surface area (Å²) in [5.74, 6) is 0.573. The molecule has 2 aliphatic rings. The molecule has 0 aliphatic carbocycles. The highest BCUT2D eigenvalue weighted by Gasteiger charge is 2.38. The van der Waals surface area contributed by atoms with Crippen molar-refractivity contribution < 1.29 is 19.1 Å². The highest BCUT2D eigenvalue weighted by molar-refractivity contribution is 6.32. The summed E-state index contributed by atoms with van der Waals surface area (Å²) in [6, 6.07) is 7.33. The van der Waals surface area contributed by atoms with E-state index in [4.69, 9.17) is 21.1 Å². The Morgan fingerprint density at radius 1 is 1.20 bits per heavy atom. The molecule has 0 bridgehead atoms. The van der Waals surface area contributed by atoms with Crippen molar-refractivity contribution in [1.29, 1.82) is 0 Å². The Morgan fingerprint density at radius 2 is 1.96 bits per heavy atom. The maximum atomic E-state index is 12.6. The van der Waals surface area contributed by atoms with Gasteiger partial charge in [0.15, 0.2) is 0 Å². The van der Waals surface area contributed by atoms with Crippen LogP contribution in [0.5, 0.6) is 5.75 Å². The molecule has 1 aromatic carbocycles. The van der Waals surface area contributed by atoms with Gasteiger partial charge in [-0.3, -0.25) is 9.59 Å². The van der Waals surface area contributed by atoms with Crippen LogP contribution < -0.4 is 4.74 Å². The van der Waals surface area contributed by atoms with E-state index in [0.717, 1.165) is 12.8 Å². The summed E-state index contributed by atoms with van der Waals surface area (Å²) in [7, 11) is 1.50. The summed E-state index contributed by atoms with van der Waals surface area (Å²) >= 11 is 6.09. The molecule has 2 saturated heterocycles. The number of likely N-dealkylation sites (tertiary alicyclic amines) is 2. The molecule has 1 atom stereocenters. The number of piperidine rings is 1. The molecule has 2 amide bonds. The zero-order valence-electron chi connectivity index (χ0n) is 14.3. The molecule has 25 heavy (non-hydrogen) atoms. The maximum Gasteiger partial charge on any atom is 0.248 e. The first-order valence-electron chi connectivity index (χ1n) is 8.55. The lowest BCUT2D eigenvalue weighted by Crippen LogP contribution is -2.59. The molecular weight excluding hydrogens is 344 g/mol. The number of rotatable bonds is 5. The Bertz CT molecular complexity index is 633. The van der Waals surface area contributed by atoms with E-state index in [1.54, 1.807) is 15.9 Å². The molecule has 136 valence electrons. The highest BCUT2D eigenvalue weighted by Crippen LogP contribution is 2.28. The fourth-order valence-corrected chi connectivity index (χ4v) is 3.47. The third-order valence-corrected chi connectivity index (χ3v) is 4.99. The van der Waals surface area contributed by atoms with Gasteiger partial charge in [0.2, 0.25) is 11.8 Å². The van der Waals surface area contributed by atoms with Crippen molar-refractivity contribution in [3.05, 3.63) is 29.3 Å². The van der Waals surface area contributed by atoms with Crippen LogP contribution in [0.4, 0.5) is 0 Å². The quantitative estimate of drug-likeness (QED) is 0.797. The lowest BCUT2D eigenvalue weighted by Gasteiger charge is -2.42. The minimum atomic E-state index is -0.129. The Morgan fingerprint density at radius 3 is 2.68 bits per heavy atom. The first-order chi connectivity index (χ1) is 12.1. The van der Waals surface area contributed by atoms with Crippen molar-refractivity contribution >= 4 is 23.4 Å². The number of para-hydroxylation sites is 1. The fraction of sp³-hybridized carbons (Fsp3) is 0.556. The first kappa shape index (κ1) is 18.0. The van der Waals surface area contributed by atoms with Gasteiger partial charge in [-0.05, 0) is 25.0 Å². The van der Waals surface area contributed by atoms with Crippen LogP contribution in [0.15, 0.2) is 24.3 Å². The molecule has 0 spiro atoms. The predicted octanol–water partition coefficient (Wildman–Crippen LogP) is 1.81. The van der Waals surface area contributed by atoms with E-state index in [-0.39, 0.29) is 30.4 Å². The van der Waals surface area contributed by atoms with Gasteiger partial charge in [0.1, 0.15) is 18.5 Å². The molecule has 2 heterocycles. The van der Waals surface area contributed by atoms with Crippen LogP contribution in [0, 0.1) is 5.92 Å². The van der Waals surface area contributed by atoms with E-state index in [1.807, 2.05) is 18.2 Å². The van der Waals surface area contributed by atoms with Crippen LogP contribution in [0.25, 0.3) is 0 Å². The predicted molar refractivity (Wildman–Crippen MR) is 93.6 cm³/mol. The third kappa shape index (κ3) is 4.25. The molecule has 1 aromatic rings. The number of hydrogen-bond acceptors (Lipinski definition) is 4. The van der Waals surface area contributed by atoms with Crippen LogP contribution in [0.1, 0.15) is 12.8 Å². The molecular formula is C18H23ClN2O4. The zero-order chi connectivity index (χ0) is 17.8. The van der Waals surface area contributed by atoms with Gasteiger partial charge in [-0.15, -0.1) is 0 Å². The van der Waals surface area contributed by atoms with Gasteiger partial charge in [0.25, 0.3) is 0 Å². The van der Waals surface area contributed by atoms with Gasteiger partial charge in [0, 0.05) is 20.2 Å². The maximum absolute atomic E-state index is 12.6. The van der Waals surface area contributed by atoms with Gasteiger partial charge in [-0.2, -0.15) is 0 Å². The number of nitrogens with zero attached hydrogens (tertiary/aromatic N) is 2. The molecule has 7 heteroatoms. The standard InChI is InChI=1S/C18H23ClN2O4/c1-24-12-17(22)20-8-4-5-13(9-20)18(23)21-10-14(11-21)25-16-7-3-2-6-15(16)19/h2-3,6-7,13-14H,4-5,8-12H2,1H3/t13-/m1/s1. The minimum absolute atomic E-state index is 0.0290. The van der Waals surface area contributed by atoms with E-state index in [2.05, 4.69) is 0 Å². The summed E-state index contributed by atoms with van der Waals surface area (Å²) < 4.78 is 10.7. The molecule has 0 aromatic heterocycles. The summed E-state index contributed by atoms with van der Waals surface area (Å²) in [4.78, 5) is 28.1. The second kappa shape index (κ2) is 8.06. The Hall–Kier alpha value is -1.79. The number of halogens is 1. The van der Waals surface area contributed by atoms with Crippen molar-refractivity contribution in [3.8, 4) is 5.75 Å². The van der Waals surface area contributed by atoms with Crippen molar-refractivity contribution in [2.24, 2.45) is 5.92 Å². The molecule has 0 radical (unpaired) electrons. The van der Waals surface area contributed by atoms with E-state index >= 15 is 0 Å². The fourth-order valence-electron chi connectivity index (χ4n) is 3.29. The largest absolute Gasteiger partial charge is 0.485 e. The Labute approximate surface area is 152 Å². The minimum Gasteiger partial charge on any atom is -0.485 e. The van der Waals surface area contributed by atoms with Crippen molar-refractivity contribution in [2.75, 3.05) is 39.9 Å². The molecule has 3 rings (SSSR count). The zero-order valence-corrected chi connectivity index (χ0v) is 15.1. The summed E-state index contributed by atoms with van der Waals surface area (Å²) in [5, 5.41) is 0.576. The number of carbonyl (C=O) groups is 2. The molecule has 0 unspecified atom stereocenters. The van der Waals surface area contributed by atoms with Gasteiger partial charge >= 0.3 is 0 Å². The molecule has 6 nitrogen and oxygen atoms in total. The summed E-state index contributed by atoms with van der Waals surface area (Å²) in [5.41, 5.74) is 0. The molecule has 0 N–H and O–H groups in total. The number of benzene rings is 1. The van der Waals surface area contributed by atoms with Crippen molar-refractivity contribution in [3.63, 3.8) is 0 Å². The molecule has 0 saturated carbocycles. The normalized spacial score (nSPS) is 21.0.